The van der Waals surface area contributed by atoms with Gasteiger partial charge in [0.05, 0.1) is 17.4 Å². The molecule has 0 aliphatic carbocycles. The highest BCUT2D eigenvalue weighted by Gasteiger charge is 2.20. The number of hydrogen-bond donors (Lipinski definition) is 0. The fourth-order valence-corrected chi connectivity index (χ4v) is 2.97. The number of likely N-dealkylation sites (tertiary alicyclic amines) is 1. The summed E-state index contributed by atoms with van der Waals surface area (Å²) >= 11 is 0. The highest BCUT2D eigenvalue weighted by atomic mass is 16.2. The third-order valence-corrected chi connectivity index (χ3v) is 4.09. The molecule has 1 amide bonds. The Bertz CT molecular complexity index is 448. The summed E-state index contributed by atoms with van der Waals surface area (Å²) in [6, 6.07) is 2.01. The fourth-order valence-electron chi connectivity index (χ4n) is 2.97. The van der Waals surface area contributed by atoms with Crippen molar-refractivity contribution in [3.05, 3.63) is 24.0 Å². The molecule has 4 nitrogen and oxygen atoms in total. The minimum Gasteiger partial charge on any atom is -0.370 e. The van der Waals surface area contributed by atoms with E-state index in [1.165, 1.54) is 19.3 Å². The van der Waals surface area contributed by atoms with E-state index in [1.807, 2.05) is 17.2 Å². The number of aromatic nitrogens is 1. The Morgan fingerprint density at radius 3 is 2.37 bits per heavy atom. The van der Waals surface area contributed by atoms with Gasteiger partial charge in [-0.25, -0.2) is 0 Å². The third-order valence-electron chi connectivity index (χ3n) is 4.09. The van der Waals surface area contributed by atoms with Crippen LogP contribution in [-0.4, -0.2) is 42.0 Å². The van der Waals surface area contributed by atoms with Crippen LogP contribution in [0, 0.1) is 0 Å². The van der Waals surface area contributed by atoms with E-state index in [2.05, 4.69) is 9.88 Å². The maximum Gasteiger partial charge on any atom is 0.255 e. The molecule has 3 rings (SSSR count). The molecule has 19 heavy (non-hydrogen) atoms. The van der Waals surface area contributed by atoms with E-state index in [4.69, 9.17) is 0 Å². The smallest absolute Gasteiger partial charge is 0.255 e. The fraction of sp³-hybridized carbons (Fsp3) is 0.600. The molecular weight excluding hydrogens is 238 g/mol. The van der Waals surface area contributed by atoms with Crippen LogP contribution in [0.2, 0.25) is 0 Å². The zero-order valence-corrected chi connectivity index (χ0v) is 11.3. The molecule has 0 radical (unpaired) electrons. The number of rotatable bonds is 2. The van der Waals surface area contributed by atoms with Gasteiger partial charge < -0.3 is 9.80 Å². The van der Waals surface area contributed by atoms with Crippen LogP contribution in [0.5, 0.6) is 0 Å². The number of carbonyl (C=O) groups excluding carboxylic acids is 1. The Hall–Kier alpha value is -1.58. The van der Waals surface area contributed by atoms with E-state index in [0.717, 1.165) is 50.3 Å². The number of pyridine rings is 1. The second-order valence-electron chi connectivity index (χ2n) is 5.48. The first-order chi connectivity index (χ1) is 9.34. The summed E-state index contributed by atoms with van der Waals surface area (Å²) < 4.78 is 0. The molecular formula is C15H21N3O. The Morgan fingerprint density at radius 2 is 1.63 bits per heavy atom. The van der Waals surface area contributed by atoms with Crippen LogP contribution >= 0.6 is 0 Å². The van der Waals surface area contributed by atoms with Crippen molar-refractivity contribution in [3.8, 4) is 0 Å². The van der Waals surface area contributed by atoms with Crippen LogP contribution in [0.4, 0.5) is 5.69 Å². The second-order valence-corrected chi connectivity index (χ2v) is 5.48. The zero-order chi connectivity index (χ0) is 13.1. The van der Waals surface area contributed by atoms with Crippen molar-refractivity contribution in [2.75, 3.05) is 31.1 Å². The van der Waals surface area contributed by atoms with E-state index < -0.39 is 0 Å². The van der Waals surface area contributed by atoms with E-state index in [0.29, 0.717) is 0 Å². The lowest BCUT2D eigenvalue weighted by Crippen LogP contribution is -2.31. The lowest BCUT2D eigenvalue weighted by molar-refractivity contribution is 0.0792. The standard InChI is InChI=1S/C15H21N3O/c19-15(18-8-4-5-9-18)13-10-14(12-16-11-13)17-6-2-1-3-7-17/h10-12H,1-9H2. The van der Waals surface area contributed by atoms with Crippen molar-refractivity contribution in [2.24, 2.45) is 0 Å². The van der Waals surface area contributed by atoms with Gasteiger partial charge in [0, 0.05) is 32.4 Å². The first-order valence-electron chi connectivity index (χ1n) is 7.34. The number of nitrogens with zero attached hydrogens (tertiary/aromatic N) is 3. The molecule has 0 bridgehead atoms. The van der Waals surface area contributed by atoms with E-state index in [-0.39, 0.29) is 5.91 Å². The predicted octanol–water partition coefficient (Wildman–Crippen LogP) is 2.31. The highest BCUT2D eigenvalue weighted by molar-refractivity contribution is 5.94. The number of hydrogen-bond acceptors (Lipinski definition) is 3. The average molecular weight is 259 g/mol. The average Bonchev–Trinajstić information content (AvgIpc) is 3.02. The summed E-state index contributed by atoms with van der Waals surface area (Å²) in [4.78, 5) is 20.9. The number of amides is 1. The molecule has 0 unspecified atom stereocenters. The minimum absolute atomic E-state index is 0.142. The second kappa shape index (κ2) is 5.59. The highest BCUT2D eigenvalue weighted by Crippen LogP contribution is 2.21. The largest absolute Gasteiger partial charge is 0.370 e. The molecule has 2 saturated heterocycles. The van der Waals surface area contributed by atoms with E-state index >= 15 is 0 Å². The third kappa shape index (κ3) is 2.72. The number of carbonyl (C=O) groups is 1. The van der Waals surface area contributed by atoms with Crippen LogP contribution < -0.4 is 4.90 Å². The normalized spacial score (nSPS) is 19.8. The Labute approximate surface area is 114 Å². The zero-order valence-electron chi connectivity index (χ0n) is 11.3. The molecule has 2 aliphatic rings. The molecule has 102 valence electrons. The first kappa shape index (κ1) is 12.5. The molecule has 3 heterocycles. The van der Waals surface area contributed by atoms with Crippen molar-refractivity contribution in [2.45, 2.75) is 32.1 Å². The number of anilines is 1. The Balaban J connectivity index is 1.76. The summed E-state index contributed by atoms with van der Waals surface area (Å²) in [5, 5.41) is 0. The maximum absolute atomic E-state index is 12.3. The SMILES string of the molecule is O=C(c1cncc(N2CCCCC2)c1)N1CCCC1. The van der Waals surface area contributed by atoms with Gasteiger partial charge in [0.2, 0.25) is 0 Å². The van der Waals surface area contributed by atoms with Crippen molar-refractivity contribution in [1.29, 1.82) is 0 Å². The molecule has 0 spiro atoms. The topological polar surface area (TPSA) is 36.4 Å². The van der Waals surface area contributed by atoms with Gasteiger partial charge in [-0.1, -0.05) is 0 Å². The van der Waals surface area contributed by atoms with E-state index in [1.54, 1.807) is 6.20 Å². The molecule has 0 atom stereocenters. The quantitative estimate of drug-likeness (QED) is 0.817. The van der Waals surface area contributed by atoms with Crippen molar-refractivity contribution in [3.63, 3.8) is 0 Å². The molecule has 1 aromatic heterocycles. The number of piperidine rings is 1. The molecule has 2 aliphatic heterocycles. The predicted molar refractivity (Wildman–Crippen MR) is 75.4 cm³/mol. The van der Waals surface area contributed by atoms with Gasteiger partial charge in [-0.05, 0) is 38.2 Å². The molecule has 4 heteroatoms. The lowest BCUT2D eigenvalue weighted by Gasteiger charge is -2.28. The Morgan fingerprint density at radius 1 is 0.947 bits per heavy atom. The monoisotopic (exact) mass is 259 g/mol. The molecule has 0 saturated carbocycles. The lowest BCUT2D eigenvalue weighted by atomic mass is 10.1. The van der Waals surface area contributed by atoms with Gasteiger partial charge in [0.1, 0.15) is 0 Å². The van der Waals surface area contributed by atoms with Crippen LogP contribution in [0.1, 0.15) is 42.5 Å². The van der Waals surface area contributed by atoms with Crippen molar-refractivity contribution in [1.82, 2.24) is 9.88 Å². The van der Waals surface area contributed by atoms with Gasteiger partial charge in [0.25, 0.3) is 5.91 Å². The summed E-state index contributed by atoms with van der Waals surface area (Å²) in [5.41, 5.74) is 1.84. The van der Waals surface area contributed by atoms with Gasteiger partial charge in [0.15, 0.2) is 0 Å². The first-order valence-corrected chi connectivity index (χ1v) is 7.34. The summed E-state index contributed by atoms with van der Waals surface area (Å²) in [5.74, 6) is 0.142. The van der Waals surface area contributed by atoms with Crippen molar-refractivity contribution < 1.29 is 4.79 Å². The molecule has 0 N–H and O–H groups in total. The Kier molecular flexibility index (Phi) is 3.67. The van der Waals surface area contributed by atoms with Gasteiger partial charge in [-0.2, -0.15) is 0 Å². The van der Waals surface area contributed by atoms with Gasteiger partial charge >= 0.3 is 0 Å². The van der Waals surface area contributed by atoms with Crippen LogP contribution in [-0.2, 0) is 0 Å². The van der Waals surface area contributed by atoms with Gasteiger partial charge in [-0.3, -0.25) is 9.78 Å². The van der Waals surface area contributed by atoms with Gasteiger partial charge in [-0.15, -0.1) is 0 Å². The van der Waals surface area contributed by atoms with Crippen LogP contribution in [0.3, 0.4) is 0 Å². The summed E-state index contributed by atoms with van der Waals surface area (Å²) in [7, 11) is 0. The maximum atomic E-state index is 12.3. The summed E-state index contributed by atoms with van der Waals surface area (Å²) in [6.45, 7) is 3.96. The molecule has 2 fully saturated rings. The minimum atomic E-state index is 0.142. The van der Waals surface area contributed by atoms with Crippen LogP contribution in [0.15, 0.2) is 18.5 Å². The summed E-state index contributed by atoms with van der Waals surface area (Å²) in [6.07, 6.45) is 9.64. The van der Waals surface area contributed by atoms with Crippen LogP contribution in [0.25, 0.3) is 0 Å². The molecule has 1 aromatic rings. The molecule has 0 aromatic carbocycles. The van der Waals surface area contributed by atoms with E-state index in [9.17, 15) is 4.79 Å². The van der Waals surface area contributed by atoms with Crippen molar-refractivity contribution >= 4 is 11.6 Å².